The Kier molecular flexibility index (Phi) is 7.46. The molecule has 0 spiro atoms. The molecular formula is C23H31N3O2S. The van der Waals surface area contributed by atoms with E-state index in [1.807, 2.05) is 11.8 Å². The number of benzene rings is 2. The Labute approximate surface area is 178 Å². The number of nitrogens with zero attached hydrogens (tertiary/aromatic N) is 3. The first-order valence-corrected chi connectivity index (χ1v) is 11.4. The summed E-state index contributed by atoms with van der Waals surface area (Å²) < 4.78 is 5.39. The summed E-state index contributed by atoms with van der Waals surface area (Å²) in [5.74, 6) is 0. The van der Waals surface area contributed by atoms with Gasteiger partial charge in [0.15, 0.2) is 0 Å². The fourth-order valence-electron chi connectivity index (χ4n) is 4.07. The minimum absolute atomic E-state index is 0.110. The molecule has 0 aliphatic carbocycles. The Bertz CT molecular complexity index is 735. The molecule has 0 bridgehead atoms. The molecule has 5 nitrogen and oxygen atoms in total. The Morgan fingerprint density at radius 3 is 1.97 bits per heavy atom. The first kappa shape index (κ1) is 20.7. The lowest BCUT2D eigenvalue weighted by Gasteiger charge is -2.36. The van der Waals surface area contributed by atoms with Crippen molar-refractivity contribution >= 4 is 23.1 Å². The molecule has 2 aliphatic heterocycles. The minimum atomic E-state index is 0.110. The highest BCUT2D eigenvalue weighted by Gasteiger charge is 2.23. The van der Waals surface area contributed by atoms with E-state index in [0.29, 0.717) is 13.2 Å². The van der Waals surface area contributed by atoms with Crippen LogP contribution in [0.5, 0.6) is 0 Å². The average Bonchev–Trinajstić information content (AvgIpc) is 2.77. The Morgan fingerprint density at radius 2 is 1.34 bits per heavy atom. The summed E-state index contributed by atoms with van der Waals surface area (Å²) in [5.41, 5.74) is 2.67. The second-order valence-electron chi connectivity index (χ2n) is 7.56. The molecule has 2 heterocycles. The van der Waals surface area contributed by atoms with E-state index >= 15 is 0 Å². The van der Waals surface area contributed by atoms with Crippen molar-refractivity contribution in [1.82, 2.24) is 9.80 Å². The summed E-state index contributed by atoms with van der Waals surface area (Å²) in [5, 5.41) is 8.77. The second-order valence-corrected chi connectivity index (χ2v) is 8.65. The van der Waals surface area contributed by atoms with Crippen molar-refractivity contribution < 1.29 is 9.84 Å². The van der Waals surface area contributed by atoms with Gasteiger partial charge in [0, 0.05) is 49.1 Å². The number of para-hydroxylation sites is 2. The van der Waals surface area contributed by atoms with Crippen molar-refractivity contribution in [2.45, 2.75) is 16.2 Å². The third-order valence-electron chi connectivity index (χ3n) is 5.64. The molecule has 0 amide bonds. The van der Waals surface area contributed by atoms with E-state index in [1.54, 1.807) is 0 Å². The fourth-order valence-corrected chi connectivity index (χ4v) is 5.17. The van der Waals surface area contributed by atoms with Crippen LogP contribution in [0.1, 0.15) is 6.42 Å². The van der Waals surface area contributed by atoms with Gasteiger partial charge in [-0.1, -0.05) is 36.0 Å². The zero-order valence-corrected chi connectivity index (χ0v) is 17.8. The van der Waals surface area contributed by atoms with Gasteiger partial charge >= 0.3 is 0 Å². The predicted molar refractivity (Wildman–Crippen MR) is 119 cm³/mol. The number of anilines is 2. The van der Waals surface area contributed by atoms with E-state index in [-0.39, 0.29) is 6.61 Å². The lowest BCUT2D eigenvalue weighted by molar-refractivity contribution is 0.0575. The number of aliphatic hydroxyl groups excluding tert-OH is 1. The van der Waals surface area contributed by atoms with E-state index in [4.69, 9.17) is 9.84 Å². The van der Waals surface area contributed by atoms with Crippen molar-refractivity contribution in [3.63, 3.8) is 0 Å². The lowest BCUT2D eigenvalue weighted by atomic mass is 10.2. The molecule has 1 saturated heterocycles. The first-order valence-electron chi connectivity index (χ1n) is 10.6. The van der Waals surface area contributed by atoms with Crippen LogP contribution in [0.25, 0.3) is 0 Å². The monoisotopic (exact) mass is 413 g/mol. The van der Waals surface area contributed by atoms with Gasteiger partial charge in [-0.05, 0) is 37.2 Å². The van der Waals surface area contributed by atoms with Gasteiger partial charge in [-0.25, -0.2) is 0 Å². The Balaban J connectivity index is 1.27. The molecule has 0 aromatic heterocycles. The molecule has 0 atom stereocenters. The normalized spacial score (nSPS) is 17.2. The maximum absolute atomic E-state index is 8.77. The SMILES string of the molecule is OCCOCCN1CCN(CCCN2c3ccccc3Sc3ccccc32)CC1. The second kappa shape index (κ2) is 10.5. The van der Waals surface area contributed by atoms with Crippen LogP contribution < -0.4 is 4.90 Å². The van der Waals surface area contributed by atoms with Crippen LogP contribution in [0.4, 0.5) is 11.4 Å². The highest BCUT2D eigenvalue weighted by atomic mass is 32.2. The van der Waals surface area contributed by atoms with Crippen LogP contribution in [0.2, 0.25) is 0 Å². The van der Waals surface area contributed by atoms with Crippen molar-refractivity contribution in [3.05, 3.63) is 48.5 Å². The largest absolute Gasteiger partial charge is 0.394 e. The summed E-state index contributed by atoms with van der Waals surface area (Å²) in [7, 11) is 0. The topological polar surface area (TPSA) is 39.2 Å². The number of hydrogen-bond donors (Lipinski definition) is 1. The van der Waals surface area contributed by atoms with Gasteiger partial charge in [-0.3, -0.25) is 4.90 Å². The summed E-state index contributed by atoms with van der Waals surface area (Å²) >= 11 is 1.88. The van der Waals surface area contributed by atoms with E-state index in [1.165, 1.54) is 21.2 Å². The molecule has 6 heteroatoms. The van der Waals surface area contributed by atoms with Gasteiger partial charge in [-0.2, -0.15) is 0 Å². The van der Waals surface area contributed by atoms with Gasteiger partial charge in [-0.15, -0.1) is 0 Å². The predicted octanol–water partition coefficient (Wildman–Crippen LogP) is 3.31. The third kappa shape index (κ3) is 5.32. The van der Waals surface area contributed by atoms with E-state index in [2.05, 4.69) is 63.2 Å². The average molecular weight is 414 g/mol. The Morgan fingerprint density at radius 1 is 0.759 bits per heavy atom. The maximum atomic E-state index is 8.77. The summed E-state index contributed by atoms with van der Waals surface area (Å²) in [6, 6.07) is 17.5. The van der Waals surface area contributed by atoms with Crippen LogP contribution >= 0.6 is 11.8 Å². The quantitative estimate of drug-likeness (QED) is 0.636. The number of aliphatic hydroxyl groups is 1. The van der Waals surface area contributed by atoms with Crippen molar-refractivity contribution in [3.8, 4) is 0 Å². The lowest BCUT2D eigenvalue weighted by Crippen LogP contribution is -2.47. The molecule has 156 valence electrons. The van der Waals surface area contributed by atoms with Crippen LogP contribution in [0.15, 0.2) is 58.3 Å². The van der Waals surface area contributed by atoms with Gasteiger partial charge in [0.2, 0.25) is 0 Å². The van der Waals surface area contributed by atoms with Crippen LogP contribution in [-0.4, -0.2) is 80.5 Å². The molecular weight excluding hydrogens is 382 g/mol. The van der Waals surface area contributed by atoms with Crippen LogP contribution in [-0.2, 0) is 4.74 Å². The maximum Gasteiger partial charge on any atom is 0.0698 e. The standard InChI is InChI=1S/C23H31N3O2S/c27-17-19-28-18-16-25-14-12-24(13-15-25)10-5-11-26-20-6-1-3-8-22(20)29-23-9-4-2-7-21(23)26/h1-4,6-9,27H,5,10-19H2. The molecule has 2 aromatic carbocycles. The highest BCUT2D eigenvalue weighted by Crippen LogP contribution is 2.47. The number of piperazine rings is 1. The number of rotatable bonds is 9. The molecule has 4 rings (SSSR count). The summed E-state index contributed by atoms with van der Waals surface area (Å²) in [6.45, 7) is 8.89. The highest BCUT2D eigenvalue weighted by molar-refractivity contribution is 7.99. The first-order chi connectivity index (χ1) is 14.3. The summed E-state index contributed by atoms with van der Waals surface area (Å²) in [4.78, 5) is 10.2. The molecule has 2 aliphatic rings. The fraction of sp³-hybridized carbons (Fsp3) is 0.478. The number of ether oxygens (including phenoxy) is 1. The molecule has 1 N–H and O–H groups in total. The zero-order chi connectivity index (χ0) is 19.9. The van der Waals surface area contributed by atoms with E-state index < -0.39 is 0 Å². The van der Waals surface area contributed by atoms with Crippen molar-refractivity contribution in [2.24, 2.45) is 0 Å². The molecule has 2 aromatic rings. The minimum Gasteiger partial charge on any atom is -0.394 e. The molecule has 0 unspecified atom stereocenters. The van der Waals surface area contributed by atoms with Crippen molar-refractivity contribution in [2.75, 3.05) is 70.5 Å². The Hall–Kier alpha value is -1.57. The van der Waals surface area contributed by atoms with Gasteiger partial charge in [0.05, 0.1) is 31.2 Å². The van der Waals surface area contributed by atoms with Crippen LogP contribution in [0, 0.1) is 0 Å². The van der Waals surface area contributed by atoms with Gasteiger partial charge in [0.25, 0.3) is 0 Å². The van der Waals surface area contributed by atoms with Gasteiger partial charge < -0.3 is 19.6 Å². The van der Waals surface area contributed by atoms with Crippen LogP contribution in [0.3, 0.4) is 0 Å². The number of hydrogen-bond acceptors (Lipinski definition) is 6. The smallest absolute Gasteiger partial charge is 0.0698 e. The summed E-state index contributed by atoms with van der Waals surface area (Å²) in [6.07, 6.45) is 1.16. The molecule has 0 saturated carbocycles. The molecule has 1 fully saturated rings. The number of fused-ring (bicyclic) bond motifs is 2. The van der Waals surface area contributed by atoms with Gasteiger partial charge in [0.1, 0.15) is 0 Å². The molecule has 29 heavy (non-hydrogen) atoms. The third-order valence-corrected chi connectivity index (χ3v) is 6.77. The van der Waals surface area contributed by atoms with Crippen molar-refractivity contribution in [1.29, 1.82) is 0 Å². The molecule has 0 radical (unpaired) electrons. The zero-order valence-electron chi connectivity index (χ0n) is 17.0. The van der Waals surface area contributed by atoms with E-state index in [9.17, 15) is 0 Å². The van der Waals surface area contributed by atoms with E-state index in [0.717, 1.165) is 52.2 Å².